The first kappa shape index (κ1) is 30.6. The molecule has 0 aliphatic heterocycles. The third-order valence-corrected chi connectivity index (χ3v) is 7.41. The lowest BCUT2D eigenvalue weighted by atomic mass is 10.1. The minimum Gasteiger partial charge on any atom is -0.287 e. The van der Waals surface area contributed by atoms with Crippen LogP contribution >= 0.6 is 0 Å². The summed E-state index contributed by atoms with van der Waals surface area (Å²) < 4.78 is 0. The number of pyridine rings is 4. The summed E-state index contributed by atoms with van der Waals surface area (Å²) in [6.07, 6.45) is 7.35. The molecule has 0 N–H and O–H groups in total. The summed E-state index contributed by atoms with van der Waals surface area (Å²) in [5.74, 6) is 0. The molecule has 4 aromatic heterocycles. The summed E-state index contributed by atoms with van der Waals surface area (Å²) in [5, 5.41) is 9.00. The first-order valence-corrected chi connectivity index (χ1v) is 15.4. The van der Waals surface area contributed by atoms with Gasteiger partial charge in [0.25, 0.3) is 0 Å². The lowest BCUT2D eigenvalue weighted by molar-refractivity contribution is 0.241. The zero-order valence-corrected chi connectivity index (χ0v) is 25.7. The molecule has 0 fully saturated rings. The molecule has 228 valence electrons. The molecule has 0 radical (unpaired) electrons. The molecule has 6 aromatic rings. The minimum absolute atomic E-state index is 0.735. The summed E-state index contributed by atoms with van der Waals surface area (Å²) in [5.41, 5.74) is 8.13. The molecule has 2 aromatic carbocycles. The summed E-state index contributed by atoms with van der Waals surface area (Å²) >= 11 is 0. The van der Waals surface area contributed by atoms with Crippen LogP contribution in [-0.4, -0.2) is 29.7 Å². The molecule has 0 atom stereocenters. The van der Waals surface area contributed by atoms with Crippen LogP contribution in [0.4, 0.5) is 11.4 Å². The Bertz CT molecular complexity index is 1550. The third kappa shape index (κ3) is 9.53. The van der Waals surface area contributed by atoms with Gasteiger partial charge in [0.05, 0.1) is 34.2 Å². The number of nitrogens with zero attached hydrogens (tertiary/aromatic N) is 8. The van der Waals surface area contributed by atoms with Gasteiger partial charge in [-0.25, -0.2) is 0 Å². The van der Waals surface area contributed by atoms with Gasteiger partial charge < -0.3 is 0 Å². The van der Waals surface area contributed by atoms with Gasteiger partial charge in [-0.3, -0.25) is 29.7 Å². The van der Waals surface area contributed by atoms with Crippen molar-refractivity contribution in [2.75, 3.05) is 0 Å². The number of benzene rings is 2. The highest BCUT2D eigenvalue weighted by atomic mass is 15.1. The van der Waals surface area contributed by atoms with Gasteiger partial charge in [0, 0.05) is 64.1 Å². The Balaban J connectivity index is 1.07. The zero-order valence-electron chi connectivity index (χ0n) is 25.7. The molecule has 0 saturated carbocycles. The number of hydrogen-bond donors (Lipinski definition) is 0. The quantitative estimate of drug-likeness (QED) is 0.117. The van der Waals surface area contributed by atoms with Crippen LogP contribution in [0, 0.1) is 0 Å². The van der Waals surface area contributed by atoms with Crippen LogP contribution in [0.3, 0.4) is 0 Å². The molecule has 46 heavy (non-hydrogen) atoms. The Labute approximate surface area is 270 Å². The highest BCUT2D eigenvalue weighted by molar-refractivity contribution is 5.42. The maximum Gasteiger partial charge on any atom is 0.0857 e. The standard InChI is InChI=1S/C38H36N8/c1-5-21-39-35(9-1)27-45(28-36-10-2-6-22-40-36)25-31-13-17-33(18-14-31)43-44-34-19-15-32(16-20-34)26-46(29-37-11-3-7-23-41-37)30-38-12-4-8-24-42-38/h1-24H,25-30H2. The fraction of sp³-hybridized carbons (Fsp3) is 0.158. The van der Waals surface area contributed by atoms with Gasteiger partial charge in [0.2, 0.25) is 0 Å². The Kier molecular flexibility index (Phi) is 10.7. The maximum absolute atomic E-state index is 4.53. The van der Waals surface area contributed by atoms with Crippen molar-refractivity contribution >= 4 is 11.4 Å². The SMILES string of the molecule is c1ccc(CN(Cc2ccc(N=Nc3ccc(CN(Cc4ccccn4)Cc4ccccn4)cc3)cc2)Cc2ccccn2)nc1. The molecule has 8 nitrogen and oxygen atoms in total. The summed E-state index contributed by atoms with van der Waals surface area (Å²) in [4.78, 5) is 22.8. The molecule has 0 aliphatic rings. The Morgan fingerprint density at radius 2 is 0.652 bits per heavy atom. The van der Waals surface area contributed by atoms with Crippen LogP contribution in [0.2, 0.25) is 0 Å². The molecule has 0 unspecified atom stereocenters. The van der Waals surface area contributed by atoms with Crippen LogP contribution in [0.1, 0.15) is 33.9 Å². The molecule has 0 spiro atoms. The normalized spacial score (nSPS) is 11.4. The molecule has 0 saturated heterocycles. The van der Waals surface area contributed by atoms with Gasteiger partial charge in [-0.15, -0.1) is 0 Å². The number of aromatic nitrogens is 4. The van der Waals surface area contributed by atoms with Crippen molar-refractivity contribution in [3.63, 3.8) is 0 Å². The van der Waals surface area contributed by atoms with E-state index in [4.69, 9.17) is 0 Å². The van der Waals surface area contributed by atoms with E-state index in [0.29, 0.717) is 0 Å². The average molecular weight is 605 g/mol. The van der Waals surface area contributed by atoms with Crippen molar-refractivity contribution in [3.05, 3.63) is 180 Å². The van der Waals surface area contributed by atoms with Crippen LogP contribution in [0.15, 0.2) is 156 Å². The minimum atomic E-state index is 0.735. The molecule has 6 rings (SSSR count). The Morgan fingerprint density at radius 3 is 0.913 bits per heavy atom. The van der Waals surface area contributed by atoms with Crippen molar-refractivity contribution in [1.82, 2.24) is 29.7 Å². The third-order valence-electron chi connectivity index (χ3n) is 7.41. The van der Waals surface area contributed by atoms with Crippen LogP contribution < -0.4 is 0 Å². The van der Waals surface area contributed by atoms with Crippen molar-refractivity contribution in [2.24, 2.45) is 10.2 Å². The first-order chi connectivity index (χ1) is 22.7. The second-order valence-corrected chi connectivity index (χ2v) is 11.1. The van der Waals surface area contributed by atoms with Gasteiger partial charge in [0.1, 0.15) is 0 Å². The second-order valence-electron chi connectivity index (χ2n) is 11.1. The fourth-order valence-corrected chi connectivity index (χ4v) is 5.19. The van der Waals surface area contributed by atoms with Gasteiger partial charge >= 0.3 is 0 Å². The molecule has 0 aliphatic carbocycles. The van der Waals surface area contributed by atoms with Crippen LogP contribution in [-0.2, 0) is 39.3 Å². The van der Waals surface area contributed by atoms with E-state index in [1.54, 1.807) is 0 Å². The topological polar surface area (TPSA) is 82.8 Å². The summed E-state index contributed by atoms with van der Waals surface area (Å²) in [6, 6.07) is 40.6. The van der Waals surface area contributed by atoms with Crippen molar-refractivity contribution < 1.29 is 0 Å². The zero-order chi connectivity index (χ0) is 31.2. The average Bonchev–Trinajstić information content (AvgIpc) is 3.10. The van der Waals surface area contributed by atoms with Gasteiger partial charge in [-0.2, -0.15) is 10.2 Å². The molecule has 8 heteroatoms. The first-order valence-electron chi connectivity index (χ1n) is 15.4. The molecule has 4 heterocycles. The van der Waals surface area contributed by atoms with E-state index in [-0.39, 0.29) is 0 Å². The van der Waals surface area contributed by atoms with E-state index >= 15 is 0 Å². The van der Waals surface area contributed by atoms with E-state index in [0.717, 1.165) is 73.4 Å². The smallest absolute Gasteiger partial charge is 0.0857 e. The predicted octanol–water partition coefficient (Wildman–Crippen LogP) is 8.09. The highest BCUT2D eigenvalue weighted by Gasteiger charge is 2.11. The second kappa shape index (κ2) is 16.0. The van der Waals surface area contributed by atoms with E-state index in [9.17, 15) is 0 Å². The largest absolute Gasteiger partial charge is 0.287 e. The van der Waals surface area contributed by atoms with Crippen molar-refractivity contribution in [3.8, 4) is 0 Å². The van der Waals surface area contributed by atoms with Crippen molar-refractivity contribution in [2.45, 2.75) is 39.3 Å². The highest BCUT2D eigenvalue weighted by Crippen LogP contribution is 2.22. The molecule has 0 bridgehead atoms. The number of rotatable bonds is 14. The fourth-order valence-electron chi connectivity index (χ4n) is 5.19. The van der Waals surface area contributed by atoms with E-state index in [2.05, 4.69) is 88.5 Å². The van der Waals surface area contributed by atoms with E-state index < -0.39 is 0 Å². The summed E-state index contributed by atoms with van der Waals surface area (Å²) in [7, 11) is 0. The molecule has 0 amide bonds. The lowest BCUT2D eigenvalue weighted by Crippen LogP contribution is -2.23. The van der Waals surface area contributed by atoms with Crippen LogP contribution in [0.25, 0.3) is 0 Å². The van der Waals surface area contributed by atoms with Gasteiger partial charge in [0.15, 0.2) is 0 Å². The van der Waals surface area contributed by atoms with Crippen molar-refractivity contribution in [1.29, 1.82) is 0 Å². The maximum atomic E-state index is 4.53. The Morgan fingerprint density at radius 1 is 0.348 bits per heavy atom. The summed E-state index contributed by atoms with van der Waals surface area (Å²) in [6.45, 7) is 4.48. The van der Waals surface area contributed by atoms with E-state index in [1.807, 2.05) is 97.6 Å². The van der Waals surface area contributed by atoms with Crippen LogP contribution in [0.5, 0.6) is 0 Å². The molecular weight excluding hydrogens is 568 g/mol. The predicted molar refractivity (Wildman–Crippen MR) is 180 cm³/mol. The lowest BCUT2D eigenvalue weighted by Gasteiger charge is -2.22. The number of azo groups is 1. The molecular formula is C38H36N8. The number of hydrogen-bond acceptors (Lipinski definition) is 8. The van der Waals surface area contributed by atoms with Gasteiger partial charge in [-0.1, -0.05) is 48.5 Å². The Hall–Kier alpha value is -5.44. The van der Waals surface area contributed by atoms with Gasteiger partial charge in [-0.05, 0) is 83.9 Å². The van der Waals surface area contributed by atoms with E-state index in [1.165, 1.54) is 11.1 Å². The monoisotopic (exact) mass is 604 g/mol.